The third-order valence-corrected chi connectivity index (χ3v) is 5.20. The number of amides is 1. The van der Waals surface area contributed by atoms with Gasteiger partial charge in [-0.3, -0.25) is 4.79 Å². The highest BCUT2D eigenvalue weighted by atomic mass is 32.2. The Balaban J connectivity index is 1.60. The first-order chi connectivity index (χ1) is 9.13. The minimum Gasteiger partial charge on any atom is -0.396 e. The lowest BCUT2D eigenvalue weighted by atomic mass is 10.0. The quantitative estimate of drug-likeness (QED) is 0.770. The van der Waals surface area contributed by atoms with Gasteiger partial charge in [0.15, 0.2) is 0 Å². The number of aryl methyl sites for hydroxylation is 1. The predicted octanol–water partition coefficient (Wildman–Crippen LogP) is 1.96. The molecule has 1 amide bonds. The molecular weight excluding hydrogens is 280 g/mol. The number of nitrogens with one attached hydrogen (secondary N) is 1. The molecule has 6 heteroatoms. The summed E-state index contributed by atoms with van der Waals surface area (Å²) in [5, 5.41) is 15.0. The second-order valence-electron chi connectivity index (χ2n) is 5.10. The summed E-state index contributed by atoms with van der Waals surface area (Å²) >= 11 is 3.24. The molecule has 2 N–H and O–H groups in total. The van der Waals surface area contributed by atoms with Crippen LogP contribution in [0, 0.1) is 12.3 Å². The normalized spacial score (nSPS) is 16.3. The van der Waals surface area contributed by atoms with Gasteiger partial charge in [0.1, 0.15) is 0 Å². The Labute approximate surface area is 122 Å². The predicted molar refractivity (Wildman–Crippen MR) is 79.4 cm³/mol. The summed E-state index contributed by atoms with van der Waals surface area (Å²) in [6.07, 6.45) is 3.05. The van der Waals surface area contributed by atoms with E-state index in [2.05, 4.69) is 10.3 Å². The zero-order valence-corrected chi connectivity index (χ0v) is 12.8. The molecule has 0 bridgehead atoms. The average molecular weight is 300 g/mol. The first-order valence-corrected chi connectivity index (χ1v) is 8.53. The first kappa shape index (κ1) is 14.8. The number of aliphatic hydroxyl groups excluding tert-OH is 1. The van der Waals surface area contributed by atoms with Crippen LogP contribution < -0.4 is 5.32 Å². The molecule has 0 aromatic carbocycles. The number of carbonyl (C=O) groups excluding carboxylic acids is 1. The highest BCUT2D eigenvalue weighted by molar-refractivity contribution is 7.99. The van der Waals surface area contributed by atoms with Gasteiger partial charge in [-0.05, 0) is 31.6 Å². The number of thioether (sulfide) groups is 1. The van der Waals surface area contributed by atoms with Gasteiger partial charge in [-0.15, -0.1) is 23.1 Å². The topological polar surface area (TPSA) is 62.2 Å². The largest absolute Gasteiger partial charge is 0.396 e. The molecule has 1 fully saturated rings. The van der Waals surface area contributed by atoms with E-state index in [9.17, 15) is 4.79 Å². The third kappa shape index (κ3) is 4.78. The van der Waals surface area contributed by atoms with Gasteiger partial charge in [-0.25, -0.2) is 4.98 Å². The highest BCUT2D eigenvalue weighted by Gasteiger charge is 2.41. The summed E-state index contributed by atoms with van der Waals surface area (Å²) in [5.41, 5.74) is 1.25. The van der Waals surface area contributed by atoms with Crippen molar-refractivity contribution in [1.29, 1.82) is 0 Å². The number of thiazole rings is 1. The molecule has 1 aliphatic rings. The molecule has 0 radical (unpaired) electrons. The monoisotopic (exact) mass is 300 g/mol. The van der Waals surface area contributed by atoms with E-state index in [0.717, 1.165) is 35.7 Å². The van der Waals surface area contributed by atoms with E-state index in [0.29, 0.717) is 12.3 Å². The Hall–Kier alpha value is -0.590. The Kier molecular flexibility index (Phi) is 5.24. The minimum atomic E-state index is 0.0844. The summed E-state index contributed by atoms with van der Waals surface area (Å²) in [5.74, 6) is 1.35. The fraction of sp³-hybridized carbons (Fsp3) is 0.692. The lowest BCUT2D eigenvalue weighted by molar-refractivity contribution is -0.118. The summed E-state index contributed by atoms with van der Waals surface area (Å²) in [7, 11) is 0. The van der Waals surface area contributed by atoms with Crippen molar-refractivity contribution in [3.63, 3.8) is 0 Å². The second-order valence-corrected chi connectivity index (χ2v) is 7.15. The molecule has 2 rings (SSSR count). The lowest BCUT2D eigenvalue weighted by Gasteiger charge is -2.14. The Morgan fingerprint density at radius 2 is 2.42 bits per heavy atom. The van der Waals surface area contributed by atoms with Gasteiger partial charge < -0.3 is 10.4 Å². The van der Waals surface area contributed by atoms with E-state index in [1.54, 1.807) is 23.1 Å². The Morgan fingerprint density at radius 3 is 3.00 bits per heavy atom. The maximum Gasteiger partial charge on any atom is 0.230 e. The number of carbonyl (C=O) groups is 1. The van der Waals surface area contributed by atoms with Gasteiger partial charge in [-0.2, -0.15) is 0 Å². The number of hydrogen-bond donors (Lipinski definition) is 2. The molecule has 106 valence electrons. The van der Waals surface area contributed by atoms with Crippen molar-refractivity contribution in [1.82, 2.24) is 10.3 Å². The summed E-state index contributed by atoms with van der Waals surface area (Å²) in [4.78, 5) is 16.1. The van der Waals surface area contributed by atoms with Gasteiger partial charge in [0, 0.05) is 24.3 Å². The molecule has 0 saturated heterocycles. The van der Waals surface area contributed by atoms with E-state index in [-0.39, 0.29) is 17.9 Å². The maximum atomic E-state index is 11.7. The van der Waals surface area contributed by atoms with E-state index in [1.165, 1.54) is 0 Å². The van der Waals surface area contributed by atoms with Crippen LogP contribution in [0.3, 0.4) is 0 Å². The van der Waals surface area contributed by atoms with Crippen LogP contribution in [0.5, 0.6) is 0 Å². The van der Waals surface area contributed by atoms with Crippen molar-refractivity contribution in [2.24, 2.45) is 5.41 Å². The number of aromatic nitrogens is 1. The number of hydrogen-bond acceptors (Lipinski definition) is 5. The van der Waals surface area contributed by atoms with Crippen LogP contribution in [0.25, 0.3) is 0 Å². The van der Waals surface area contributed by atoms with E-state index in [4.69, 9.17) is 5.11 Å². The summed E-state index contributed by atoms with van der Waals surface area (Å²) in [6, 6.07) is 0. The third-order valence-electron chi connectivity index (χ3n) is 3.41. The molecule has 1 aromatic heterocycles. The van der Waals surface area contributed by atoms with E-state index < -0.39 is 0 Å². The van der Waals surface area contributed by atoms with Crippen molar-refractivity contribution < 1.29 is 9.90 Å². The van der Waals surface area contributed by atoms with Crippen LogP contribution in [-0.4, -0.2) is 34.9 Å². The van der Waals surface area contributed by atoms with Crippen molar-refractivity contribution in [2.75, 3.05) is 18.9 Å². The summed E-state index contributed by atoms with van der Waals surface area (Å²) < 4.78 is 0. The van der Waals surface area contributed by atoms with Crippen molar-refractivity contribution in [2.45, 2.75) is 31.9 Å². The van der Waals surface area contributed by atoms with E-state index >= 15 is 0 Å². The van der Waals surface area contributed by atoms with Gasteiger partial charge in [0.05, 0.1) is 16.5 Å². The molecule has 4 nitrogen and oxygen atoms in total. The molecule has 1 aliphatic carbocycles. The molecule has 19 heavy (non-hydrogen) atoms. The number of rotatable bonds is 8. The van der Waals surface area contributed by atoms with Crippen molar-refractivity contribution in [3.05, 3.63) is 16.1 Å². The van der Waals surface area contributed by atoms with Gasteiger partial charge in [0.2, 0.25) is 5.91 Å². The van der Waals surface area contributed by atoms with Crippen LogP contribution in [0.1, 0.15) is 30.0 Å². The SMILES string of the molecule is Cc1nc(CSCC(=O)NCC2(CCO)CC2)cs1. The minimum absolute atomic E-state index is 0.0844. The number of nitrogens with zero attached hydrogens (tertiary/aromatic N) is 1. The van der Waals surface area contributed by atoms with Gasteiger partial charge >= 0.3 is 0 Å². The van der Waals surface area contributed by atoms with Crippen LogP contribution in [0.4, 0.5) is 0 Å². The number of aliphatic hydroxyl groups is 1. The standard InChI is InChI=1S/C13H20N2O2S2/c1-10-15-11(7-19-10)6-18-8-12(17)14-9-13(2-3-13)4-5-16/h7,16H,2-6,8-9H2,1H3,(H,14,17). The van der Waals surface area contributed by atoms with E-state index in [1.807, 2.05) is 12.3 Å². The fourth-order valence-electron chi connectivity index (χ4n) is 1.99. The van der Waals surface area contributed by atoms with Crippen LogP contribution in [0.15, 0.2) is 5.38 Å². The van der Waals surface area contributed by atoms with Crippen LogP contribution >= 0.6 is 23.1 Å². The molecule has 0 atom stereocenters. The highest BCUT2D eigenvalue weighted by Crippen LogP contribution is 2.47. The molecule has 0 unspecified atom stereocenters. The molecule has 0 spiro atoms. The molecule has 1 heterocycles. The van der Waals surface area contributed by atoms with Crippen LogP contribution in [0.2, 0.25) is 0 Å². The van der Waals surface area contributed by atoms with Crippen molar-refractivity contribution in [3.8, 4) is 0 Å². The smallest absolute Gasteiger partial charge is 0.230 e. The zero-order chi connectivity index (χ0) is 13.7. The molecule has 1 saturated carbocycles. The van der Waals surface area contributed by atoms with Crippen molar-refractivity contribution >= 4 is 29.0 Å². The molecular formula is C13H20N2O2S2. The Bertz CT molecular complexity index is 430. The summed E-state index contributed by atoms with van der Waals surface area (Å²) in [6.45, 7) is 2.92. The molecule has 0 aliphatic heterocycles. The average Bonchev–Trinajstić information content (AvgIpc) is 3.02. The Morgan fingerprint density at radius 1 is 1.63 bits per heavy atom. The maximum absolute atomic E-state index is 11.7. The van der Waals surface area contributed by atoms with Gasteiger partial charge in [-0.1, -0.05) is 0 Å². The molecule has 1 aromatic rings. The lowest BCUT2D eigenvalue weighted by Crippen LogP contribution is -2.31. The zero-order valence-electron chi connectivity index (χ0n) is 11.1. The van der Waals surface area contributed by atoms with Gasteiger partial charge in [0.25, 0.3) is 0 Å². The second kappa shape index (κ2) is 6.72. The fourth-order valence-corrected chi connectivity index (χ4v) is 3.45. The first-order valence-electron chi connectivity index (χ1n) is 6.50. The van der Waals surface area contributed by atoms with Crippen LogP contribution in [-0.2, 0) is 10.5 Å².